The molecule has 0 unspecified atom stereocenters. The van der Waals surface area contributed by atoms with Crippen LogP contribution in [0.4, 0.5) is 0 Å². The number of benzene rings is 1. The fourth-order valence-corrected chi connectivity index (χ4v) is 5.78. The van der Waals surface area contributed by atoms with Crippen LogP contribution >= 0.6 is 15.9 Å². The maximum Gasteiger partial charge on any atom is 0.176 e. The second kappa shape index (κ2) is 9.54. The van der Waals surface area contributed by atoms with E-state index in [0.717, 1.165) is 66.8 Å². The van der Waals surface area contributed by atoms with Crippen LogP contribution in [0.15, 0.2) is 39.1 Å². The number of nitrogens with zero attached hydrogens (tertiary/aromatic N) is 1. The molecule has 0 N–H and O–H groups in total. The quantitative estimate of drug-likeness (QED) is 0.499. The van der Waals surface area contributed by atoms with Crippen LogP contribution in [0.2, 0.25) is 0 Å². The number of Topliss-reactive ketones (excluding diaryl/α,β-unsaturated/α-hetero) is 2. The molecule has 6 heteroatoms. The highest BCUT2D eigenvalue weighted by molar-refractivity contribution is 9.10. The Balaban J connectivity index is 1.93. The monoisotopic (exact) mass is 497 g/mol. The second-order valence-corrected chi connectivity index (χ2v) is 9.24. The maximum atomic E-state index is 13.3. The van der Waals surface area contributed by atoms with E-state index >= 15 is 0 Å². The normalized spacial score (nSPS) is 19.0. The molecule has 3 aliphatic rings. The van der Waals surface area contributed by atoms with Gasteiger partial charge in [-0.25, -0.2) is 0 Å². The van der Waals surface area contributed by atoms with Crippen LogP contribution in [-0.2, 0) is 9.59 Å². The summed E-state index contributed by atoms with van der Waals surface area (Å²) in [7, 11) is 1.57. The highest BCUT2D eigenvalue weighted by atomic mass is 79.9. The van der Waals surface area contributed by atoms with Crippen LogP contribution < -0.4 is 9.47 Å². The van der Waals surface area contributed by atoms with E-state index in [9.17, 15) is 9.59 Å². The van der Waals surface area contributed by atoms with Crippen molar-refractivity contribution in [3.63, 3.8) is 0 Å². The van der Waals surface area contributed by atoms with Crippen LogP contribution in [0.25, 0.3) is 0 Å². The van der Waals surface area contributed by atoms with Gasteiger partial charge in [-0.1, -0.05) is 12.8 Å². The SMILES string of the molecule is C#CCOc1c(Br)cc(C2C3=C(CCCC3=O)N(CCC)C3=C2C(=O)CCC3)cc1OC. The average molecular weight is 498 g/mol. The molecule has 0 spiro atoms. The van der Waals surface area contributed by atoms with Gasteiger partial charge in [-0.2, -0.15) is 0 Å². The number of carbonyl (C=O) groups excluding carboxylic acids is 2. The van der Waals surface area contributed by atoms with Gasteiger partial charge in [-0.15, -0.1) is 6.42 Å². The van der Waals surface area contributed by atoms with Crippen molar-refractivity contribution < 1.29 is 19.1 Å². The minimum Gasteiger partial charge on any atom is -0.493 e. The summed E-state index contributed by atoms with van der Waals surface area (Å²) in [6.45, 7) is 3.08. The van der Waals surface area contributed by atoms with Crippen LogP contribution in [0.1, 0.15) is 63.4 Å². The largest absolute Gasteiger partial charge is 0.493 e. The molecule has 168 valence electrons. The Morgan fingerprint density at radius 1 is 1.09 bits per heavy atom. The first-order chi connectivity index (χ1) is 15.5. The van der Waals surface area contributed by atoms with Crippen LogP contribution in [-0.4, -0.2) is 36.7 Å². The second-order valence-electron chi connectivity index (χ2n) is 8.39. The van der Waals surface area contributed by atoms with Gasteiger partial charge in [-0.05, 0) is 65.7 Å². The Morgan fingerprint density at radius 2 is 1.72 bits per heavy atom. The van der Waals surface area contributed by atoms with Crippen LogP contribution in [0, 0.1) is 12.3 Å². The fourth-order valence-electron chi connectivity index (χ4n) is 5.20. The lowest BCUT2D eigenvalue weighted by molar-refractivity contribution is -0.117. The van der Waals surface area contributed by atoms with Gasteiger partial charge >= 0.3 is 0 Å². The number of hydrogen-bond donors (Lipinski definition) is 0. The minimum atomic E-state index is -0.374. The third-order valence-electron chi connectivity index (χ3n) is 6.42. The number of methoxy groups -OCH3 is 1. The van der Waals surface area contributed by atoms with Gasteiger partial charge in [0, 0.05) is 47.8 Å². The van der Waals surface area contributed by atoms with Crippen LogP contribution in [0.3, 0.4) is 0 Å². The third kappa shape index (κ3) is 3.88. The lowest BCUT2D eigenvalue weighted by Gasteiger charge is -2.44. The van der Waals surface area contributed by atoms with Gasteiger partial charge in [0.2, 0.25) is 0 Å². The van der Waals surface area contributed by atoms with Gasteiger partial charge in [-0.3, -0.25) is 9.59 Å². The van der Waals surface area contributed by atoms with E-state index in [4.69, 9.17) is 15.9 Å². The molecular formula is C26H28BrNO4. The smallest absolute Gasteiger partial charge is 0.176 e. The van der Waals surface area contributed by atoms with E-state index in [2.05, 4.69) is 33.7 Å². The summed E-state index contributed by atoms with van der Waals surface area (Å²) in [5, 5.41) is 0. The van der Waals surface area contributed by atoms with Gasteiger partial charge < -0.3 is 14.4 Å². The number of ether oxygens (including phenoxy) is 2. The van der Waals surface area contributed by atoms with Crippen molar-refractivity contribution in [2.24, 2.45) is 0 Å². The van der Waals surface area contributed by atoms with Crippen molar-refractivity contribution in [2.45, 2.75) is 57.8 Å². The van der Waals surface area contributed by atoms with E-state index in [0.29, 0.717) is 28.8 Å². The molecule has 0 atom stereocenters. The summed E-state index contributed by atoms with van der Waals surface area (Å²) in [6, 6.07) is 3.82. The molecule has 0 fully saturated rings. The molecule has 32 heavy (non-hydrogen) atoms. The molecule has 5 nitrogen and oxygen atoms in total. The molecule has 0 radical (unpaired) electrons. The lowest BCUT2D eigenvalue weighted by Crippen LogP contribution is -2.39. The number of ketones is 2. The van der Waals surface area contributed by atoms with Gasteiger partial charge in [0.1, 0.15) is 6.61 Å². The minimum absolute atomic E-state index is 0.116. The predicted molar refractivity (Wildman–Crippen MR) is 127 cm³/mol. The Kier molecular flexibility index (Phi) is 6.76. The number of halogens is 1. The van der Waals surface area contributed by atoms with Crippen molar-refractivity contribution in [1.29, 1.82) is 0 Å². The zero-order valence-electron chi connectivity index (χ0n) is 18.6. The molecule has 2 aliphatic carbocycles. The molecule has 1 aliphatic heterocycles. The summed E-state index contributed by atoms with van der Waals surface area (Å²) < 4.78 is 12.0. The van der Waals surface area contributed by atoms with Crippen molar-refractivity contribution in [3.05, 3.63) is 44.7 Å². The third-order valence-corrected chi connectivity index (χ3v) is 7.01. The summed E-state index contributed by atoms with van der Waals surface area (Å²) >= 11 is 3.59. The first kappa shape index (κ1) is 22.7. The number of allylic oxidation sites excluding steroid dienone is 4. The Morgan fingerprint density at radius 3 is 2.25 bits per heavy atom. The maximum absolute atomic E-state index is 13.3. The first-order valence-electron chi connectivity index (χ1n) is 11.3. The highest BCUT2D eigenvalue weighted by Crippen LogP contribution is 2.51. The zero-order chi connectivity index (χ0) is 22.8. The number of rotatable bonds is 6. The Labute approximate surface area is 198 Å². The number of terminal acetylenes is 1. The summed E-state index contributed by atoms with van der Waals surface area (Å²) in [5.41, 5.74) is 4.63. The van der Waals surface area contributed by atoms with Crippen molar-refractivity contribution in [3.8, 4) is 23.8 Å². The van der Waals surface area contributed by atoms with E-state index < -0.39 is 0 Å². The average Bonchev–Trinajstić information content (AvgIpc) is 2.78. The van der Waals surface area contributed by atoms with Crippen molar-refractivity contribution in [1.82, 2.24) is 4.90 Å². The standard InChI is InChI=1S/C26H28BrNO4/c1-4-12-28-18-8-6-10-20(29)24(18)23(25-19(28)9-7-11-21(25)30)16-14-17(27)26(32-13-5-2)22(15-16)31-3/h2,14-15,23H,4,6-13H2,1,3H3. The lowest BCUT2D eigenvalue weighted by atomic mass is 9.71. The molecule has 0 bridgehead atoms. The van der Waals surface area contributed by atoms with E-state index in [1.807, 2.05) is 12.1 Å². The summed E-state index contributed by atoms with van der Waals surface area (Å²) in [4.78, 5) is 28.8. The molecule has 0 aromatic heterocycles. The first-order valence-corrected chi connectivity index (χ1v) is 12.0. The highest BCUT2D eigenvalue weighted by Gasteiger charge is 2.43. The molecule has 1 heterocycles. The van der Waals surface area contributed by atoms with E-state index in [1.54, 1.807) is 7.11 Å². The zero-order valence-corrected chi connectivity index (χ0v) is 20.2. The molecule has 0 saturated heterocycles. The Hall–Kier alpha value is -2.52. The molecule has 1 aromatic rings. The topological polar surface area (TPSA) is 55.8 Å². The van der Waals surface area contributed by atoms with E-state index in [-0.39, 0.29) is 24.1 Å². The van der Waals surface area contributed by atoms with Gasteiger partial charge in [0.15, 0.2) is 23.1 Å². The van der Waals surface area contributed by atoms with E-state index in [1.165, 1.54) is 0 Å². The Bertz CT molecular complexity index is 1020. The van der Waals surface area contributed by atoms with Crippen molar-refractivity contribution in [2.75, 3.05) is 20.3 Å². The summed E-state index contributed by atoms with van der Waals surface area (Å²) in [5.74, 6) is 3.42. The molecule has 1 aromatic carbocycles. The predicted octanol–water partition coefficient (Wildman–Crippen LogP) is 5.29. The van der Waals surface area contributed by atoms with Crippen molar-refractivity contribution >= 4 is 27.5 Å². The molecule has 4 rings (SSSR count). The van der Waals surface area contributed by atoms with Gasteiger partial charge in [0.25, 0.3) is 0 Å². The molecule has 0 amide bonds. The number of carbonyl (C=O) groups is 2. The number of hydrogen-bond acceptors (Lipinski definition) is 5. The van der Waals surface area contributed by atoms with Crippen LogP contribution in [0.5, 0.6) is 11.5 Å². The fraction of sp³-hybridized carbons (Fsp3) is 0.462. The molecular weight excluding hydrogens is 470 g/mol. The van der Waals surface area contributed by atoms with Gasteiger partial charge in [0.05, 0.1) is 11.6 Å². The molecule has 0 saturated carbocycles. The summed E-state index contributed by atoms with van der Waals surface area (Å²) in [6.07, 6.45) is 10.8.